The highest BCUT2D eigenvalue weighted by molar-refractivity contribution is 5.39. The second-order valence-electron chi connectivity index (χ2n) is 11.7. The van der Waals surface area contributed by atoms with Gasteiger partial charge in [0.25, 0.3) is 0 Å². The number of rotatable bonds is 6. The molecule has 2 nitrogen and oxygen atoms in total. The zero-order valence-electron chi connectivity index (χ0n) is 20.5. The van der Waals surface area contributed by atoms with Crippen LogP contribution in [0.5, 0.6) is 0 Å². The van der Waals surface area contributed by atoms with Gasteiger partial charge in [0.15, 0.2) is 0 Å². The first kappa shape index (κ1) is 24.7. The molecule has 3 aliphatic carbocycles. The fourth-order valence-electron chi connectivity index (χ4n) is 6.90. The van der Waals surface area contributed by atoms with E-state index in [1.165, 1.54) is 31.3 Å². The van der Waals surface area contributed by atoms with E-state index in [0.29, 0.717) is 36.0 Å². The second-order valence-corrected chi connectivity index (χ2v) is 11.7. The lowest BCUT2D eigenvalue weighted by molar-refractivity contribution is 0.0283. The van der Waals surface area contributed by atoms with Crippen molar-refractivity contribution in [3.63, 3.8) is 0 Å². The minimum atomic E-state index is -1.06. The number of alkyl halides is 1. The fraction of sp³-hybridized carbons (Fsp3) is 0.786. The van der Waals surface area contributed by atoms with Crippen LogP contribution in [0, 0.1) is 29.1 Å². The van der Waals surface area contributed by atoms with Crippen molar-refractivity contribution < 1.29 is 14.6 Å². The van der Waals surface area contributed by atoms with E-state index in [9.17, 15) is 14.6 Å². The van der Waals surface area contributed by atoms with Crippen LogP contribution in [0.1, 0.15) is 92.4 Å². The maximum absolute atomic E-state index is 13.9. The monoisotopic (exact) mass is 432 g/mol. The molecule has 3 heteroatoms. The van der Waals surface area contributed by atoms with Crippen LogP contribution in [0.3, 0.4) is 0 Å². The zero-order chi connectivity index (χ0) is 23.0. The zero-order valence-corrected chi connectivity index (χ0v) is 20.5. The van der Waals surface area contributed by atoms with Crippen LogP contribution in [0.25, 0.3) is 0 Å². The number of hydrogen-bond donors (Lipinski definition) is 2. The summed E-state index contributed by atoms with van der Waals surface area (Å²) < 4.78 is 13.9. The Morgan fingerprint density at radius 2 is 1.97 bits per heavy atom. The van der Waals surface area contributed by atoms with E-state index in [1.807, 2.05) is 6.92 Å². The third-order valence-corrected chi connectivity index (χ3v) is 8.96. The molecule has 7 atom stereocenters. The average molecular weight is 433 g/mol. The molecule has 0 spiro atoms. The van der Waals surface area contributed by atoms with E-state index in [0.717, 1.165) is 30.4 Å². The molecule has 2 N–H and O–H groups in total. The molecule has 3 aliphatic rings. The Morgan fingerprint density at radius 3 is 2.65 bits per heavy atom. The SMILES string of the molecule is C=C1/C(=C\C=C2/CCC[C@]3(C)[C@@H]([C@@H](C)CCCC(C)(C)F)CC[C@@H]23)C[C@H](O)C(C)[C@@H]1O. The molecule has 0 aromatic carbocycles. The molecule has 0 aromatic rings. The molecule has 3 saturated carbocycles. The summed E-state index contributed by atoms with van der Waals surface area (Å²) >= 11 is 0. The van der Waals surface area contributed by atoms with Crippen LogP contribution in [-0.2, 0) is 0 Å². The Hall–Kier alpha value is -0.930. The minimum absolute atomic E-state index is 0.157. The standard InChI is InChI=1S/C28H45FO2/c1-18(9-7-15-27(4,5)29)23-13-14-24-21(10-8-16-28(23,24)6)11-12-22-17-25(30)20(3)26(31)19(22)2/h11-12,18,20,23-26,30-31H,2,7-10,13-17H2,1,3-6H3/b21-11+,22-12-/t18-,20?,23+,24-,25-,26+,28+/m0/s1. The number of aliphatic hydroxyl groups is 2. The van der Waals surface area contributed by atoms with Crippen molar-refractivity contribution >= 4 is 0 Å². The largest absolute Gasteiger partial charge is 0.392 e. The summed E-state index contributed by atoms with van der Waals surface area (Å²) in [7, 11) is 0. The molecule has 0 aliphatic heterocycles. The molecule has 0 heterocycles. The maximum atomic E-state index is 13.9. The molecular weight excluding hydrogens is 387 g/mol. The first-order valence-corrected chi connectivity index (χ1v) is 12.6. The van der Waals surface area contributed by atoms with Crippen LogP contribution in [0.4, 0.5) is 4.39 Å². The molecule has 0 aromatic heterocycles. The van der Waals surface area contributed by atoms with Crippen LogP contribution in [-0.4, -0.2) is 28.1 Å². The van der Waals surface area contributed by atoms with Crippen LogP contribution in [0.2, 0.25) is 0 Å². The lowest BCUT2D eigenvalue weighted by Gasteiger charge is -2.44. The number of aliphatic hydroxyl groups excluding tert-OH is 2. The van der Waals surface area contributed by atoms with Gasteiger partial charge in [-0.2, -0.15) is 0 Å². The van der Waals surface area contributed by atoms with Gasteiger partial charge in [-0.3, -0.25) is 0 Å². The fourth-order valence-corrected chi connectivity index (χ4v) is 6.90. The summed E-state index contributed by atoms with van der Waals surface area (Å²) in [6.07, 6.45) is 12.8. The number of hydrogen-bond acceptors (Lipinski definition) is 2. The topological polar surface area (TPSA) is 40.5 Å². The number of allylic oxidation sites excluding steroid dienone is 3. The van der Waals surface area contributed by atoms with Crippen LogP contribution in [0.15, 0.2) is 35.5 Å². The molecule has 0 bridgehead atoms. The van der Waals surface area contributed by atoms with Crippen LogP contribution < -0.4 is 0 Å². The van der Waals surface area contributed by atoms with Gasteiger partial charge < -0.3 is 10.2 Å². The van der Waals surface area contributed by atoms with E-state index in [1.54, 1.807) is 13.8 Å². The van der Waals surface area contributed by atoms with Gasteiger partial charge in [0.05, 0.1) is 12.2 Å². The first-order valence-electron chi connectivity index (χ1n) is 12.6. The Kier molecular flexibility index (Phi) is 7.58. The van der Waals surface area contributed by atoms with Gasteiger partial charge in [-0.15, -0.1) is 0 Å². The molecule has 0 radical (unpaired) electrons. The van der Waals surface area contributed by atoms with Crippen molar-refractivity contribution in [2.45, 2.75) is 110 Å². The third kappa shape index (κ3) is 5.36. The summed E-state index contributed by atoms with van der Waals surface area (Å²) in [5, 5.41) is 20.7. The van der Waals surface area contributed by atoms with E-state index in [-0.39, 0.29) is 5.92 Å². The Bertz CT molecular complexity index is 715. The number of halogens is 1. The van der Waals surface area contributed by atoms with Gasteiger partial charge in [-0.1, -0.05) is 57.9 Å². The lowest BCUT2D eigenvalue weighted by Crippen LogP contribution is -2.36. The molecular formula is C28H45FO2. The van der Waals surface area contributed by atoms with Gasteiger partial charge in [0.2, 0.25) is 0 Å². The Balaban J connectivity index is 1.71. The van der Waals surface area contributed by atoms with E-state index < -0.39 is 17.9 Å². The highest BCUT2D eigenvalue weighted by Gasteiger charge is 2.50. The predicted octanol–water partition coefficient (Wildman–Crippen LogP) is 6.93. The quantitative estimate of drug-likeness (QED) is 0.478. The smallest absolute Gasteiger partial charge is 0.105 e. The molecule has 31 heavy (non-hydrogen) atoms. The lowest BCUT2D eigenvalue weighted by atomic mass is 9.60. The Labute approximate surface area is 189 Å². The van der Waals surface area contributed by atoms with E-state index in [4.69, 9.17) is 0 Å². The first-order chi connectivity index (χ1) is 14.4. The third-order valence-electron chi connectivity index (χ3n) is 8.96. The van der Waals surface area contributed by atoms with E-state index >= 15 is 0 Å². The van der Waals surface area contributed by atoms with Crippen molar-refractivity contribution in [3.8, 4) is 0 Å². The Morgan fingerprint density at radius 1 is 1.26 bits per heavy atom. The van der Waals surface area contributed by atoms with Gasteiger partial charge >= 0.3 is 0 Å². The number of fused-ring (bicyclic) bond motifs is 1. The van der Waals surface area contributed by atoms with E-state index in [2.05, 4.69) is 32.6 Å². The molecule has 1 unspecified atom stereocenters. The van der Waals surface area contributed by atoms with Crippen molar-refractivity contribution in [2.75, 3.05) is 0 Å². The van der Waals surface area contributed by atoms with Gasteiger partial charge in [0.1, 0.15) is 5.67 Å². The summed E-state index contributed by atoms with van der Waals surface area (Å²) in [4.78, 5) is 0. The van der Waals surface area contributed by atoms with Crippen molar-refractivity contribution in [2.24, 2.45) is 29.1 Å². The van der Waals surface area contributed by atoms with Gasteiger partial charge in [-0.05, 0) is 93.1 Å². The van der Waals surface area contributed by atoms with Gasteiger partial charge in [0, 0.05) is 5.92 Å². The normalized spacial score (nSPS) is 40.4. The highest BCUT2D eigenvalue weighted by atomic mass is 19.1. The highest BCUT2D eigenvalue weighted by Crippen LogP contribution is 2.60. The minimum Gasteiger partial charge on any atom is -0.392 e. The second kappa shape index (κ2) is 9.51. The van der Waals surface area contributed by atoms with Crippen molar-refractivity contribution in [1.82, 2.24) is 0 Å². The molecule has 0 amide bonds. The predicted molar refractivity (Wildman–Crippen MR) is 127 cm³/mol. The molecule has 3 rings (SSSR count). The van der Waals surface area contributed by atoms with Crippen molar-refractivity contribution in [1.29, 1.82) is 0 Å². The summed E-state index contributed by atoms with van der Waals surface area (Å²) in [6, 6.07) is 0. The summed E-state index contributed by atoms with van der Waals surface area (Å²) in [5.41, 5.74) is 2.58. The molecule has 176 valence electrons. The van der Waals surface area contributed by atoms with Crippen LogP contribution >= 0.6 is 0 Å². The summed E-state index contributed by atoms with van der Waals surface area (Å²) in [6.45, 7) is 14.3. The molecule has 3 fully saturated rings. The summed E-state index contributed by atoms with van der Waals surface area (Å²) in [5.74, 6) is 1.81. The average Bonchev–Trinajstić information content (AvgIpc) is 3.04. The maximum Gasteiger partial charge on any atom is 0.105 e. The van der Waals surface area contributed by atoms with Crippen molar-refractivity contribution in [3.05, 3.63) is 35.5 Å². The molecule has 0 saturated heterocycles. The van der Waals surface area contributed by atoms with Gasteiger partial charge in [-0.25, -0.2) is 4.39 Å².